The molecule has 0 heterocycles. The van der Waals surface area contributed by atoms with Crippen molar-refractivity contribution in [1.29, 1.82) is 0 Å². The van der Waals surface area contributed by atoms with E-state index < -0.39 is 11.9 Å². The highest BCUT2D eigenvalue weighted by Gasteiger charge is 2.28. The van der Waals surface area contributed by atoms with E-state index in [0.29, 0.717) is 11.8 Å². The third-order valence-electron chi connectivity index (χ3n) is 4.04. The molecule has 0 radical (unpaired) electrons. The number of ether oxygens (including phenoxy) is 2. The molecule has 0 bridgehead atoms. The van der Waals surface area contributed by atoms with E-state index in [-0.39, 0.29) is 25.2 Å². The van der Waals surface area contributed by atoms with Gasteiger partial charge in [-0.25, -0.2) is 9.59 Å². The van der Waals surface area contributed by atoms with Gasteiger partial charge in [0.15, 0.2) is 6.61 Å². The van der Waals surface area contributed by atoms with Crippen molar-refractivity contribution >= 4 is 17.8 Å². The van der Waals surface area contributed by atoms with Crippen LogP contribution in [-0.4, -0.2) is 37.1 Å². The number of esters is 2. The van der Waals surface area contributed by atoms with Crippen LogP contribution in [0.15, 0.2) is 12.2 Å². The van der Waals surface area contributed by atoms with Crippen LogP contribution in [0.4, 0.5) is 0 Å². The van der Waals surface area contributed by atoms with Gasteiger partial charge in [0.05, 0.1) is 6.61 Å². The molecule has 0 aromatic carbocycles. The summed E-state index contributed by atoms with van der Waals surface area (Å²) >= 11 is 0. The highest BCUT2D eigenvalue weighted by molar-refractivity contribution is 5.92. The number of carbonyl (C=O) groups excluding carboxylic acids is 3. The second-order valence-electron chi connectivity index (χ2n) is 5.63. The van der Waals surface area contributed by atoms with E-state index in [0.717, 1.165) is 25.0 Å². The van der Waals surface area contributed by atoms with Gasteiger partial charge < -0.3 is 14.8 Å². The Morgan fingerprint density at radius 1 is 1.09 bits per heavy atom. The zero-order chi connectivity index (χ0) is 16.5. The molecular formula is C16H25NO5. The van der Waals surface area contributed by atoms with Crippen LogP contribution in [0.3, 0.4) is 0 Å². The average Bonchev–Trinajstić information content (AvgIpc) is 2.48. The van der Waals surface area contributed by atoms with Crippen LogP contribution in [0.25, 0.3) is 0 Å². The van der Waals surface area contributed by atoms with Gasteiger partial charge in [0.25, 0.3) is 5.91 Å². The van der Waals surface area contributed by atoms with Crippen LogP contribution < -0.4 is 5.32 Å². The first kappa shape index (κ1) is 18.2. The van der Waals surface area contributed by atoms with Crippen LogP contribution in [0, 0.1) is 11.8 Å². The van der Waals surface area contributed by atoms with E-state index in [9.17, 15) is 14.4 Å². The fourth-order valence-electron chi connectivity index (χ4n) is 2.55. The van der Waals surface area contributed by atoms with Crippen LogP contribution in [0.1, 0.15) is 40.0 Å². The lowest BCUT2D eigenvalue weighted by molar-refractivity contribution is -0.144. The third kappa shape index (κ3) is 6.28. The van der Waals surface area contributed by atoms with E-state index >= 15 is 0 Å². The minimum Gasteiger partial charge on any atom is -0.463 e. The van der Waals surface area contributed by atoms with Crippen molar-refractivity contribution in [3.8, 4) is 0 Å². The van der Waals surface area contributed by atoms with E-state index in [1.165, 1.54) is 6.42 Å². The van der Waals surface area contributed by atoms with Crippen LogP contribution in [0.2, 0.25) is 0 Å². The molecule has 0 saturated heterocycles. The minimum atomic E-state index is -0.742. The molecule has 22 heavy (non-hydrogen) atoms. The first-order valence-electron chi connectivity index (χ1n) is 7.75. The van der Waals surface area contributed by atoms with Gasteiger partial charge in [-0.1, -0.05) is 26.7 Å². The molecule has 0 spiro atoms. The van der Waals surface area contributed by atoms with Gasteiger partial charge in [0, 0.05) is 18.2 Å². The molecular weight excluding hydrogens is 286 g/mol. The molecule has 3 atom stereocenters. The Kier molecular flexibility index (Phi) is 7.63. The van der Waals surface area contributed by atoms with E-state index in [2.05, 4.69) is 23.9 Å². The van der Waals surface area contributed by atoms with Gasteiger partial charge in [-0.05, 0) is 25.2 Å². The molecule has 3 unspecified atom stereocenters. The van der Waals surface area contributed by atoms with Gasteiger partial charge in [-0.2, -0.15) is 0 Å². The normalized spacial score (nSPS) is 24.8. The minimum absolute atomic E-state index is 0.130. The van der Waals surface area contributed by atoms with E-state index in [4.69, 9.17) is 4.74 Å². The molecule has 1 saturated carbocycles. The Bertz CT molecular complexity index is 432. The standard InChI is InChI=1S/C16H25NO5/c1-4-21-15(19)8-9-16(20)22-10-14(18)17-13-7-5-6-11(2)12(13)3/h8-9,11-13H,4-7,10H2,1-3H3,(H,17,18). The van der Waals surface area contributed by atoms with Crippen molar-refractivity contribution in [2.75, 3.05) is 13.2 Å². The number of hydrogen-bond acceptors (Lipinski definition) is 5. The lowest BCUT2D eigenvalue weighted by atomic mass is 9.78. The number of carbonyl (C=O) groups is 3. The number of amides is 1. The monoisotopic (exact) mass is 311 g/mol. The molecule has 1 aliphatic carbocycles. The summed E-state index contributed by atoms with van der Waals surface area (Å²) < 4.78 is 9.42. The van der Waals surface area contributed by atoms with Crippen molar-refractivity contribution < 1.29 is 23.9 Å². The molecule has 1 fully saturated rings. The van der Waals surface area contributed by atoms with Crippen LogP contribution in [-0.2, 0) is 23.9 Å². The summed E-state index contributed by atoms with van der Waals surface area (Å²) in [7, 11) is 0. The molecule has 1 N–H and O–H groups in total. The quantitative estimate of drug-likeness (QED) is 0.595. The first-order chi connectivity index (χ1) is 10.4. The largest absolute Gasteiger partial charge is 0.463 e. The lowest BCUT2D eigenvalue weighted by Crippen LogP contribution is -2.45. The second-order valence-corrected chi connectivity index (χ2v) is 5.63. The Labute approximate surface area is 131 Å². The van der Waals surface area contributed by atoms with Crippen molar-refractivity contribution in [3.05, 3.63) is 12.2 Å². The maximum absolute atomic E-state index is 11.8. The summed E-state index contributed by atoms with van der Waals surface area (Å²) in [5.74, 6) is -0.683. The predicted octanol–water partition coefficient (Wildman–Crippen LogP) is 1.59. The summed E-state index contributed by atoms with van der Waals surface area (Å²) in [5, 5.41) is 2.91. The zero-order valence-corrected chi connectivity index (χ0v) is 13.5. The Morgan fingerprint density at radius 3 is 2.36 bits per heavy atom. The van der Waals surface area contributed by atoms with Crippen molar-refractivity contribution in [3.63, 3.8) is 0 Å². The Hall–Kier alpha value is -1.85. The van der Waals surface area contributed by atoms with Gasteiger partial charge in [0.1, 0.15) is 0 Å². The summed E-state index contributed by atoms with van der Waals surface area (Å²) in [6, 6.07) is 0.130. The molecule has 0 aromatic heterocycles. The molecule has 1 rings (SSSR count). The molecule has 0 aliphatic heterocycles. The highest BCUT2D eigenvalue weighted by atomic mass is 16.5. The summed E-state index contributed by atoms with van der Waals surface area (Å²) in [5.41, 5.74) is 0. The van der Waals surface area contributed by atoms with Crippen molar-refractivity contribution in [1.82, 2.24) is 5.32 Å². The van der Waals surface area contributed by atoms with Crippen LogP contribution >= 0.6 is 0 Å². The number of rotatable bonds is 6. The average molecular weight is 311 g/mol. The molecule has 6 nitrogen and oxygen atoms in total. The van der Waals surface area contributed by atoms with E-state index in [1.54, 1.807) is 6.92 Å². The first-order valence-corrected chi connectivity index (χ1v) is 7.75. The van der Waals surface area contributed by atoms with Crippen molar-refractivity contribution in [2.45, 2.75) is 46.1 Å². The van der Waals surface area contributed by atoms with E-state index in [1.807, 2.05) is 0 Å². The molecule has 1 aliphatic rings. The molecule has 0 aromatic rings. The van der Waals surface area contributed by atoms with Crippen LogP contribution in [0.5, 0.6) is 0 Å². The maximum Gasteiger partial charge on any atom is 0.331 e. The number of nitrogens with one attached hydrogen (secondary N) is 1. The topological polar surface area (TPSA) is 81.7 Å². The lowest BCUT2D eigenvalue weighted by Gasteiger charge is -2.34. The zero-order valence-electron chi connectivity index (χ0n) is 13.5. The molecule has 124 valence electrons. The maximum atomic E-state index is 11.8. The molecule has 6 heteroatoms. The third-order valence-corrected chi connectivity index (χ3v) is 4.04. The fourth-order valence-corrected chi connectivity index (χ4v) is 2.55. The predicted molar refractivity (Wildman–Crippen MR) is 80.8 cm³/mol. The smallest absolute Gasteiger partial charge is 0.331 e. The summed E-state index contributed by atoms with van der Waals surface area (Å²) in [4.78, 5) is 34.2. The number of hydrogen-bond donors (Lipinski definition) is 1. The fraction of sp³-hybridized carbons (Fsp3) is 0.688. The second kappa shape index (κ2) is 9.23. The van der Waals surface area contributed by atoms with Gasteiger partial charge >= 0.3 is 11.9 Å². The van der Waals surface area contributed by atoms with Gasteiger partial charge in [-0.15, -0.1) is 0 Å². The Balaban J connectivity index is 2.30. The highest BCUT2D eigenvalue weighted by Crippen LogP contribution is 2.29. The Morgan fingerprint density at radius 2 is 1.73 bits per heavy atom. The SMILES string of the molecule is CCOC(=O)C=CC(=O)OCC(=O)NC1CCCC(C)C1C. The molecule has 1 amide bonds. The van der Waals surface area contributed by atoms with Gasteiger partial charge in [-0.3, -0.25) is 4.79 Å². The summed E-state index contributed by atoms with van der Waals surface area (Å²) in [6.45, 7) is 5.87. The van der Waals surface area contributed by atoms with Gasteiger partial charge in [0.2, 0.25) is 0 Å². The van der Waals surface area contributed by atoms with Crippen molar-refractivity contribution in [2.24, 2.45) is 11.8 Å². The summed E-state index contributed by atoms with van der Waals surface area (Å²) in [6.07, 6.45) is 5.17.